The highest BCUT2D eigenvalue weighted by Gasteiger charge is 2.22. The van der Waals surface area contributed by atoms with Crippen LogP contribution in [-0.2, 0) is 9.47 Å². The second-order valence-corrected chi connectivity index (χ2v) is 3.68. The summed E-state index contributed by atoms with van der Waals surface area (Å²) in [7, 11) is 0. The Morgan fingerprint density at radius 3 is 1.33 bits per heavy atom. The van der Waals surface area contributed by atoms with Gasteiger partial charge in [0.25, 0.3) is 0 Å². The Hall–Kier alpha value is -0.660. The van der Waals surface area contributed by atoms with Crippen molar-refractivity contribution in [2.75, 3.05) is 0 Å². The van der Waals surface area contributed by atoms with Crippen LogP contribution in [0.5, 0.6) is 0 Å². The maximum absolute atomic E-state index is 5.55. The van der Waals surface area contributed by atoms with Crippen LogP contribution in [0.2, 0.25) is 0 Å². The molecule has 1 rings (SSSR count). The molecule has 12 heavy (non-hydrogen) atoms. The molecule has 1 aliphatic carbocycles. The normalized spacial score (nSPS) is 16.8. The first-order chi connectivity index (χ1) is 5.59. The molecule has 0 radical (unpaired) electrons. The SMILES string of the molecule is CC(C)OC1=C(OC(C)C)CC1. The van der Waals surface area contributed by atoms with E-state index in [-0.39, 0.29) is 12.2 Å². The predicted octanol–water partition coefficient (Wildman–Crippen LogP) is 2.84. The highest BCUT2D eigenvalue weighted by molar-refractivity contribution is 5.13. The van der Waals surface area contributed by atoms with Gasteiger partial charge in [-0.15, -0.1) is 0 Å². The lowest BCUT2D eigenvalue weighted by Crippen LogP contribution is -2.16. The molecule has 2 nitrogen and oxygen atoms in total. The van der Waals surface area contributed by atoms with E-state index in [2.05, 4.69) is 0 Å². The molecule has 70 valence electrons. The fourth-order valence-corrected chi connectivity index (χ4v) is 1.15. The van der Waals surface area contributed by atoms with Crippen LogP contribution in [-0.4, -0.2) is 12.2 Å². The predicted molar refractivity (Wildman–Crippen MR) is 48.7 cm³/mol. The number of allylic oxidation sites excluding steroid dienone is 2. The van der Waals surface area contributed by atoms with Gasteiger partial charge < -0.3 is 9.47 Å². The van der Waals surface area contributed by atoms with Crippen molar-refractivity contribution in [2.45, 2.75) is 52.7 Å². The molecule has 0 aromatic rings. The molecule has 0 bridgehead atoms. The minimum absolute atomic E-state index is 0.270. The monoisotopic (exact) mass is 170 g/mol. The molecule has 0 heterocycles. The number of hydrogen-bond donors (Lipinski definition) is 0. The Kier molecular flexibility index (Phi) is 3.01. The Balaban J connectivity index is 2.42. The Labute approximate surface area is 74.6 Å². The molecule has 0 N–H and O–H groups in total. The van der Waals surface area contributed by atoms with Crippen LogP contribution in [0.1, 0.15) is 40.5 Å². The van der Waals surface area contributed by atoms with Gasteiger partial charge in [0.05, 0.1) is 12.2 Å². The summed E-state index contributed by atoms with van der Waals surface area (Å²) >= 11 is 0. The molecule has 0 atom stereocenters. The van der Waals surface area contributed by atoms with Crippen LogP contribution in [0.25, 0.3) is 0 Å². The molecule has 2 heteroatoms. The van der Waals surface area contributed by atoms with Crippen molar-refractivity contribution >= 4 is 0 Å². The van der Waals surface area contributed by atoms with Crippen molar-refractivity contribution in [3.05, 3.63) is 11.5 Å². The van der Waals surface area contributed by atoms with Gasteiger partial charge in [-0.3, -0.25) is 0 Å². The minimum atomic E-state index is 0.270. The van der Waals surface area contributed by atoms with E-state index in [0.717, 1.165) is 24.4 Å². The fraction of sp³-hybridized carbons (Fsp3) is 0.800. The number of rotatable bonds is 4. The summed E-state index contributed by atoms with van der Waals surface area (Å²) in [6.45, 7) is 8.16. The molecule has 0 aromatic carbocycles. The first-order valence-corrected chi connectivity index (χ1v) is 4.65. The van der Waals surface area contributed by atoms with Crippen LogP contribution < -0.4 is 0 Å². The lowest BCUT2D eigenvalue weighted by atomic mass is 10.1. The van der Waals surface area contributed by atoms with E-state index in [9.17, 15) is 0 Å². The molecule has 0 unspecified atom stereocenters. The first-order valence-electron chi connectivity index (χ1n) is 4.65. The highest BCUT2D eigenvalue weighted by atomic mass is 16.5. The average Bonchev–Trinajstić information content (AvgIpc) is 1.93. The zero-order valence-corrected chi connectivity index (χ0v) is 8.39. The van der Waals surface area contributed by atoms with Gasteiger partial charge in [0, 0.05) is 12.8 Å². The molecule has 0 saturated heterocycles. The van der Waals surface area contributed by atoms with Gasteiger partial charge in [-0.05, 0) is 27.7 Å². The van der Waals surface area contributed by atoms with E-state index in [0.29, 0.717) is 0 Å². The van der Waals surface area contributed by atoms with Crippen molar-refractivity contribution in [1.82, 2.24) is 0 Å². The summed E-state index contributed by atoms with van der Waals surface area (Å²) in [6, 6.07) is 0. The Bertz CT molecular complexity index is 160. The third kappa shape index (κ3) is 2.43. The molecule has 0 saturated carbocycles. The van der Waals surface area contributed by atoms with Crippen molar-refractivity contribution in [3.63, 3.8) is 0 Å². The van der Waals surface area contributed by atoms with E-state index >= 15 is 0 Å². The minimum Gasteiger partial charge on any atom is -0.492 e. The summed E-state index contributed by atoms with van der Waals surface area (Å²) in [5, 5.41) is 0. The largest absolute Gasteiger partial charge is 0.492 e. The van der Waals surface area contributed by atoms with Gasteiger partial charge in [0.1, 0.15) is 11.5 Å². The van der Waals surface area contributed by atoms with Crippen LogP contribution in [0, 0.1) is 0 Å². The van der Waals surface area contributed by atoms with Gasteiger partial charge in [-0.1, -0.05) is 0 Å². The molecule has 0 spiro atoms. The lowest BCUT2D eigenvalue weighted by molar-refractivity contribution is 0.0597. The second-order valence-electron chi connectivity index (χ2n) is 3.68. The molecular formula is C10H18O2. The van der Waals surface area contributed by atoms with Crippen molar-refractivity contribution in [3.8, 4) is 0 Å². The van der Waals surface area contributed by atoms with Crippen molar-refractivity contribution in [2.24, 2.45) is 0 Å². The van der Waals surface area contributed by atoms with Gasteiger partial charge in [0.2, 0.25) is 0 Å². The topological polar surface area (TPSA) is 18.5 Å². The highest BCUT2D eigenvalue weighted by Crippen LogP contribution is 2.31. The first kappa shape index (κ1) is 9.43. The third-order valence-electron chi connectivity index (χ3n) is 1.65. The standard InChI is InChI=1S/C10H18O2/c1-7(2)11-9-5-6-10(9)12-8(3)4/h7-8H,5-6H2,1-4H3. The van der Waals surface area contributed by atoms with Crippen LogP contribution in [0.15, 0.2) is 11.5 Å². The summed E-state index contributed by atoms with van der Waals surface area (Å²) in [5.74, 6) is 2.11. The molecule has 0 amide bonds. The van der Waals surface area contributed by atoms with Crippen LogP contribution in [0.4, 0.5) is 0 Å². The van der Waals surface area contributed by atoms with E-state index < -0.39 is 0 Å². The molecular weight excluding hydrogens is 152 g/mol. The molecule has 1 aliphatic rings. The van der Waals surface area contributed by atoms with Gasteiger partial charge >= 0.3 is 0 Å². The summed E-state index contributed by atoms with van der Waals surface area (Å²) in [4.78, 5) is 0. The number of hydrogen-bond acceptors (Lipinski definition) is 2. The van der Waals surface area contributed by atoms with Crippen molar-refractivity contribution < 1.29 is 9.47 Å². The van der Waals surface area contributed by atoms with Crippen LogP contribution >= 0.6 is 0 Å². The molecule has 0 fully saturated rings. The Morgan fingerprint density at radius 1 is 0.833 bits per heavy atom. The van der Waals surface area contributed by atoms with Gasteiger partial charge in [-0.25, -0.2) is 0 Å². The average molecular weight is 170 g/mol. The van der Waals surface area contributed by atoms with E-state index in [4.69, 9.17) is 9.47 Å². The van der Waals surface area contributed by atoms with Gasteiger partial charge in [-0.2, -0.15) is 0 Å². The zero-order valence-electron chi connectivity index (χ0n) is 8.39. The third-order valence-corrected chi connectivity index (χ3v) is 1.65. The Morgan fingerprint density at radius 2 is 1.17 bits per heavy atom. The zero-order chi connectivity index (χ0) is 9.14. The second kappa shape index (κ2) is 3.83. The number of ether oxygens (including phenoxy) is 2. The maximum atomic E-state index is 5.55. The smallest absolute Gasteiger partial charge is 0.134 e. The maximum Gasteiger partial charge on any atom is 0.134 e. The fourth-order valence-electron chi connectivity index (χ4n) is 1.15. The summed E-state index contributed by atoms with van der Waals surface area (Å²) in [5.41, 5.74) is 0. The summed E-state index contributed by atoms with van der Waals surface area (Å²) in [6.07, 6.45) is 2.62. The van der Waals surface area contributed by atoms with Crippen LogP contribution in [0.3, 0.4) is 0 Å². The van der Waals surface area contributed by atoms with E-state index in [1.54, 1.807) is 0 Å². The molecule has 0 aliphatic heterocycles. The summed E-state index contributed by atoms with van der Waals surface area (Å²) < 4.78 is 11.1. The van der Waals surface area contributed by atoms with Crippen molar-refractivity contribution in [1.29, 1.82) is 0 Å². The quantitative estimate of drug-likeness (QED) is 0.646. The molecule has 0 aromatic heterocycles. The van der Waals surface area contributed by atoms with E-state index in [1.165, 1.54) is 0 Å². The van der Waals surface area contributed by atoms with Gasteiger partial charge in [0.15, 0.2) is 0 Å². The van der Waals surface area contributed by atoms with E-state index in [1.807, 2.05) is 27.7 Å². The lowest BCUT2D eigenvalue weighted by Gasteiger charge is -2.27.